The molecular weight excluding hydrogens is 204 g/mol. The Morgan fingerprint density at radius 3 is 3.00 bits per heavy atom. The molecule has 0 fully saturated rings. The lowest BCUT2D eigenvalue weighted by atomic mass is 10.0. The molecule has 1 atom stereocenters. The SMILES string of the molecule is CCOC(=O)CC1Cc2cccc(O)c2C1. The summed E-state index contributed by atoms with van der Waals surface area (Å²) in [7, 11) is 0. The van der Waals surface area contributed by atoms with E-state index < -0.39 is 0 Å². The van der Waals surface area contributed by atoms with Gasteiger partial charge in [0.15, 0.2) is 0 Å². The fraction of sp³-hybridized carbons (Fsp3) is 0.462. The molecule has 1 aliphatic carbocycles. The molecule has 0 bridgehead atoms. The molecule has 1 N–H and O–H groups in total. The van der Waals surface area contributed by atoms with E-state index in [0.717, 1.165) is 24.0 Å². The third-order valence-corrected chi connectivity index (χ3v) is 3.01. The maximum absolute atomic E-state index is 11.4. The Hall–Kier alpha value is -1.51. The molecular formula is C13H16O3. The molecule has 0 aromatic heterocycles. The van der Waals surface area contributed by atoms with E-state index in [9.17, 15) is 9.90 Å². The average molecular weight is 220 g/mol. The minimum atomic E-state index is -0.139. The first-order valence-electron chi connectivity index (χ1n) is 5.66. The van der Waals surface area contributed by atoms with Gasteiger partial charge in [-0.2, -0.15) is 0 Å². The third kappa shape index (κ3) is 2.18. The van der Waals surface area contributed by atoms with Crippen LogP contribution in [0.4, 0.5) is 0 Å². The fourth-order valence-corrected chi connectivity index (χ4v) is 2.32. The van der Waals surface area contributed by atoms with Crippen molar-refractivity contribution in [1.82, 2.24) is 0 Å². The highest BCUT2D eigenvalue weighted by Gasteiger charge is 2.25. The lowest BCUT2D eigenvalue weighted by Gasteiger charge is -2.07. The molecule has 16 heavy (non-hydrogen) atoms. The summed E-state index contributed by atoms with van der Waals surface area (Å²) in [6.07, 6.45) is 2.09. The summed E-state index contributed by atoms with van der Waals surface area (Å²) in [6.45, 7) is 2.25. The number of benzene rings is 1. The standard InChI is InChI=1S/C13H16O3/c1-2-16-13(15)8-9-6-10-4-3-5-12(14)11(10)7-9/h3-5,9,14H,2,6-8H2,1H3. The summed E-state index contributed by atoms with van der Waals surface area (Å²) in [5, 5.41) is 9.67. The number of aromatic hydroxyl groups is 1. The molecule has 0 spiro atoms. The molecule has 0 radical (unpaired) electrons. The molecule has 86 valence electrons. The first-order valence-corrected chi connectivity index (χ1v) is 5.66. The van der Waals surface area contributed by atoms with Crippen molar-refractivity contribution in [3.63, 3.8) is 0 Å². The number of rotatable bonds is 3. The van der Waals surface area contributed by atoms with Gasteiger partial charge in [-0.15, -0.1) is 0 Å². The van der Waals surface area contributed by atoms with E-state index in [0.29, 0.717) is 18.8 Å². The van der Waals surface area contributed by atoms with Crippen molar-refractivity contribution in [2.75, 3.05) is 6.61 Å². The monoisotopic (exact) mass is 220 g/mol. The lowest BCUT2D eigenvalue weighted by molar-refractivity contribution is -0.144. The van der Waals surface area contributed by atoms with E-state index in [1.54, 1.807) is 6.07 Å². The van der Waals surface area contributed by atoms with E-state index in [-0.39, 0.29) is 11.9 Å². The van der Waals surface area contributed by atoms with E-state index in [4.69, 9.17) is 4.74 Å². The second kappa shape index (κ2) is 4.56. The van der Waals surface area contributed by atoms with Crippen LogP contribution < -0.4 is 0 Å². The van der Waals surface area contributed by atoms with Crippen LogP contribution in [0.15, 0.2) is 18.2 Å². The van der Waals surface area contributed by atoms with Gasteiger partial charge in [0.2, 0.25) is 0 Å². The minimum Gasteiger partial charge on any atom is -0.508 e. The van der Waals surface area contributed by atoms with E-state index in [2.05, 4.69) is 0 Å². The van der Waals surface area contributed by atoms with Gasteiger partial charge in [0, 0.05) is 6.42 Å². The molecule has 2 rings (SSSR count). The Balaban J connectivity index is 2.00. The Labute approximate surface area is 95.0 Å². The molecule has 0 aliphatic heterocycles. The second-order valence-corrected chi connectivity index (χ2v) is 4.20. The van der Waals surface area contributed by atoms with Crippen molar-refractivity contribution in [3.05, 3.63) is 29.3 Å². The van der Waals surface area contributed by atoms with Crippen molar-refractivity contribution in [2.24, 2.45) is 5.92 Å². The van der Waals surface area contributed by atoms with Gasteiger partial charge in [-0.1, -0.05) is 12.1 Å². The first-order chi connectivity index (χ1) is 7.70. The van der Waals surface area contributed by atoms with Crippen molar-refractivity contribution < 1.29 is 14.6 Å². The Kier molecular flexibility index (Phi) is 3.13. The predicted molar refractivity (Wildman–Crippen MR) is 60.3 cm³/mol. The van der Waals surface area contributed by atoms with Crippen molar-refractivity contribution in [1.29, 1.82) is 0 Å². The molecule has 0 amide bonds. The Morgan fingerprint density at radius 1 is 1.50 bits per heavy atom. The molecule has 1 aromatic carbocycles. The Morgan fingerprint density at radius 2 is 2.31 bits per heavy atom. The van der Waals surface area contributed by atoms with E-state index >= 15 is 0 Å². The first kappa shape index (κ1) is 11.0. The normalized spacial score (nSPS) is 18.2. The average Bonchev–Trinajstić information content (AvgIpc) is 2.62. The summed E-state index contributed by atoms with van der Waals surface area (Å²) in [4.78, 5) is 11.4. The number of phenols is 1. The third-order valence-electron chi connectivity index (χ3n) is 3.01. The molecule has 1 aromatic rings. The molecule has 3 nitrogen and oxygen atoms in total. The van der Waals surface area contributed by atoms with Crippen LogP contribution in [0.3, 0.4) is 0 Å². The molecule has 3 heteroatoms. The van der Waals surface area contributed by atoms with Crippen LogP contribution in [-0.2, 0) is 22.4 Å². The highest BCUT2D eigenvalue weighted by molar-refractivity contribution is 5.70. The molecule has 0 saturated carbocycles. The number of hydrogen-bond acceptors (Lipinski definition) is 3. The molecule has 0 saturated heterocycles. The topological polar surface area (TPSA) is 46.5 Å². The highest BCUT2D eigenvalue weighted by atomic mass is 16.5. The smallest absolute Gasteiger partial charge is 0.306 e. The number of phenolic OH excluding ortho intramolecular Hbond substituents is 1. The number of ether oxygens (including phenoxy) is 1. The largest absolute Gasteiger partial charge is 0.508 e. The molecule has 0 heterocycles. The summed E-state index contributed by atoms with van der Waals surface area (Å²) in [5.41, 5.74) is 2.16. The number of carbonyl (C=O) groups excluding carboxylic acids is 1. The van der Waals surface area contributed by atoms with Gasteiger partial charge >= 0.3 is 5.97 Å². The van der Waals surface area contributed by atoms with Crippen LogP contribution in [0.2, 0.25) is 0 Å². The van der Waals surface area contributed by atoms with Crippen LogP contribution in [-0.4, -0.2) is 17.7 Å². The zero-order valence-corrected chi connectivity index (χ0v) is 9.40. The molecule has 1 unspecified atom stereocenters. The van der Waals surface area contributed by atoms with Crippen LogP contribution >= 0.6 is 0 Å². The quantitative estimate of drug-likeness (QED) is 0.793. The molecule has 1 aliphatic rings. The lowest BCUT2D eigenvalue weighted by Crippen LogP contribution is -2.11. The second-order valence-electron chi connectivity index (χ2n) is 4.20. The summed E-state index contributed by atoms with van der Waals surface area (Å²) in [6, 6.07) is 5.56. The maximum atomic E-state index is 11.4. The number of esters is 1. The van der Waals surface area contributed by atoms with Gasteiger partial charge in [-0.05, 0) is 42.9 Å². The minimum absolute atomic E-state index is 0.139. The van der Waals surface area contributed by atoms with Crippen LogP contribution in [0.5, 0.6) is 5.75 Å². The van der Waals surface area contributed by atoms with Crippen LogP contribution in [0.25, 0.3) is 0 Å². The van der Waals surface area contributed by atoms with E-state index in [1.165, 1.54) is 0 Å². The van der Waals surface area contributed by atoms with Gasteiger partial charge in [-0.25, -0.2) is 0 Å². The van der Waals surface area contributed by atoms with Gasteiger partial charge in [0.05, 0.1) is 6.61 Å². The van der Waals surface area contributed by atoms with Gasteiger partial charge in [0.25, 0.3) is 0 Å². The number of carbonyl (C=O) groups is 1. The fourth-order valence-electron chi connectivity index (χ4n) is 2.32. The van der Waals surface area contributed by atoms with Crippen molar-refractivity contribution in [3.8, 4) is 5.75 Å². The van der Waals surface area contributed by atoms with Crippen LogP contribution in [0.1, 0.15) is 24.5 Å². The number of hydrogen-bond donors (Lipinski definition) is 1. The van der Waals surface area contributed by atoms with Crippen LogP contribution in [0, 0.1) is 5.92 Å². The summed E-state index contributed by atoms with van der Waals surface area (Å²) < 4.78 is 4.93. The van der Waals surface area contributed by atoms with Gasteiger partial charge in [-0.3, -0.25) is 4.79 Å². The number of fused-ring (bicyclic) bond motifs is 1. The Bertz CT molecular complexity index is 398. The zero-order chi connectivity index (χ0) is 11.5. The maximum Gasteiger partial charge on any atom is 0.306 e. The van der Waals surface area contributed by atoms with Crippen molar-refractivity contribution >= 4 is 5.97 Å². The van der Waals surface area contributed by atoms with E-state index in [1.807, 2.05) is 19.1 Å². The highest BCUT2D eigenvalue weighted by Crippen LogP contribution is 2.34. The van der Waals surface area contributed by atoms with Crippen molar-refractivity contribution in [2.45, 2.75) is 26.2 Å². The summed E-state index contributed by atoms with van der Waals surface area (Å²) >= 11 is 0. The van der Waals surface area contributed by atoms with Gasteiger partial charge in [0.1, 0.15) is 5.75 Å². The summed E-state index contributed by atoms with van der Waals surface area (Å²) in [5.74, 6) is 0.492. The predicted octanol–water partition coefficient (Wildman–Crippen LogP) is 2.06. The zero-order valence-electron chi connectivity index (χ0n) is 9.40. The van der Waals surface area contributed by atoms with Gasteiger partial charge < -0.3 is 9.84 Å².